The summed E-state index contributed by atoms with van der Waals surface area (Å²) in [5.41, 5.74) is 1.83. The molecule has 1 aromatic carbocycles. The molecular formula is C21H22N4O4S2. The topological polar surface area (TPSA) is 101 Å². The summed E-state index contributed by atoms with van der Waals surface area (Å²) in [6, 6.07) is 9.75. The van der Waals surface area contributed by atoms with Crippen molar-refractivity contribution in [3.8, 4) is 11.3 Å². The maximum Gasteiger partial charge on any atom is 0.251 e. The van der Waals surface area contributed by atoms with Gasteiger partial charge in [-0.1, -0.05) is 12.1 Å². The fourth-order valence-electron chi connectivity index (χ4n) is 3.47. The quantitative estimate of drug-likeness (QED) is 0.612. The van der Waals surface area contributed by atoms with Gasteiger partial charge in [-0.05, 0) is 38.0 Å². The van der Waals surface area contributed by atoms with Gasteiger partial charge in [-0.3, -0.25) is 9.59 Å². The summed E-state index contributed by atoms with van der Waals surface area (Å²) in [6.45, 7) is 2.57. The molecule has 10 heteroatoms. The second-order valence-electron chi connectivity index (χ2n) is 7.32. The summed E-state index contributed by atoms with van der Waals surface area (Å²) >= 11 is 1.55. The van der Waals surface area contributed by atoms with Crippen LogP contribution in [-0.4, -0.2) is 41.3 Å². The number of nitrogens with zero attached hydrogens (tertiary/aromatic N) is 3. The van der Waals surface area contributed by atoms with Gasteiger partial charge in [-0.15, -0.1) is 11.3 Å². The van der Waals surface area contributed by atoms with Crippen LogP contribution in [0.4, 0.5) is 5.69 Å². The molecule has 8 nitrogen and oxygen atoms in total. The first-order valence-electron chi connectivity index (χ1n) is 9.86. The zero-order valence-electron chi connectivity index (χ0n) is 16.9. The Kier molecular flexibility index (Phi) is 6.03. The largest absolute Gasteiger partial charge is 0.325 e. The van der Waals surface area contributed by atoms with Crippen molar-refractivity contribution in [1.82, 2.24) is 13.9 Å². The fraction of sp³-hybridized carbons (Fsp3) is 0.286. The SMILES string of the molecule is Cc1nc(-c2cccc(NC(=O)Cn3cc(S(=O)(=O)N4CCCC4)ccc3=O)c2)cs1. The Balaban J connectivity index is 1.51. The van der Waals surface area contributed by atoms with Crippen LogP contribution in [0.25, 0.3) is 11.3 Å². The number of nitrogens with one attached hydrogen (secondary N) is 1. The Morgan fingerprint density at radius 2 is 1.97 bits per heavy atom. The van der Waals surface area contributed by atoms with Gasteiger partial charge in [0, 0.05) is 42.0 Å². The summed E-state index contributed by atoms with van der Waals surface area (Å²) in [7, 11) is -3.67. The van der Waals surface area contributed by atoms with Crippen LogP contribution in [0.15, 0.2) is 57.7 Å². The molecule has 0 radical (unpaired) electrons. The zero-order valence-corrected chi connectivity index (χ0v) is 18.6. The molecule has 3 aromatic rings. The maximum atomic E-state index is 12.8. The number of aromatic nitrogens is 2. The Bertz CT molecular complexity index is 1270. The Hall–Kier alpha value is -2.82. The molecule has 0 unspecified atom stereocenters. The average Bonchev–Trinajstić information content (AvgIpc) is 3.42. The van der Waals surface area contributed by atoms with Gasteiger partial charge in [0.1, 0.15) is 6.54 Å². The Morgan fingerprint density at radius 3 is 2.68 bits per heavy atom. The normalized spacial score (nSPS) is 14.6. The van der Waals surface area contributed by atoms with E-state index in [0.29, 0.717) is 18.8 Å². The number of benzene rings is 1. The number of amides is 1. The van der Waals surface area contributed by atoms with E-state index in [9.17, 15) is 18.0 Å². The van der Waals surface area contributed by atoms with E-state index in [1.165, 1.54) is 22.6 Å². The van der Waals surface area contributed by atoms with Crippen molar-refractivity contribution in [3.05, 3.63) is 63.3 Å². The molecule has 0 bridgehead atoms. The lowest BCUT2D eigenvalue weighted by molar-refractivity contribution is -0.116. The molecule has 0 spiro atoms. The molecule has 1 saturated heterocycles. The van der Waals surface area contributed by atoms with Crippen molar-refractivity contribution in [2.24, 2.45) is 0 Å². The first-order valence-corrected chi connectivity index (χ1v) is 12.2. The number of hydrogen-bond acceptors (Lipinski definition) is 6. The molecule has 2 aromatic heterocycles. The van der Waals surface area contributed by atoms with Crippen molar-refractivity contribution in [2.75, 3.05) is 18.4 Å². The lowest BCUT2D eigenvalue weighted by Gasteiger charge is -2.16. The molecule has 1 fully saturated rings. The van der Waals surface area contributed by atoms with Crippen molar-refractivity contribution < 1.29 is 13.2 Å². The molecule has 0 saturated carbocycles. The average molecular weight is 459 g/mol. The van der Waals surface area contributed by atoms with E-state index in [4.69, 9.17) is 0 Å². The minimum absolute atomic E-state index is 0.0164. The van der Waals surface area contributed by atoms with E-state index in [2.05, 4.69) is 10.3 Å². The molecular weight excluding hydrogens is 436 g/mol. The minimum atomic E-state index is -3.67. The highest BCUT2D eigenvalue weighted by Gasteiger charge is 2.27. The van der Waals surface area contributed by atoms with Gasteiger partial charge in [-0.25, -0.2) is 13.4 Å². The molecule has 1 amide bonds. The predicted molar refractivity (Wildman–Crippen MR) is 120 cm³/mol. The summed E-state index contributed by atoms with van der Waals surface area (Å²) in [4.78, 5) is 29.2. The van der Waals surface area contributed by atoms with Gasteiger partial charge in [-0.2, -0.15) is 4.31 Å². The number of aryl methyl sites for hydroxylation is 1. The third-order valence-corrected chi connectivity index (χ3v) is 7.69. The second kappa shape index (κ2) is 8.74. The van der Waals surface area contributed by atoms with Crippen LogP contribution in [0.2, 0.25) is 0 Å². The van der Waals surface area contributed by atoms with Crippen LogP contribution >= 0.6 is 11.3 Å². The maximum absolute atomic E-state index is 12.8. The number of rotatable bonds is 6. The molecule has 0 atom stereocenters. The zero-order chi connectivity index (χ0) is 22.0. The summed E-state index contributed by atoms with van der Waals surface area (Å²) in [6.07, 6.45) is 2.88. The highest BCUT2D eigenvalue weighted by molar-refractivity contribution is 7.89. The van der Waals surface area contributed by atoms with Crippen LogP contribution in [0.5, 0.6) is 0 Å². The number of thiazole rings is 1. The van der Waals surface area contributed by atoms with Crippen LogP contribution < -0.4 is 10.9 Å². The van der Waals surface area contributed by atoms with Gasteiger partial charge in [0.25, 0.3) is 5.56 Å². The number of carbonyl (C=O) groups is 1. The predicted octanol–water partition coefficient (Wildman–Crippen LogP) is 2.70. The van der Waals surface area contributed by atoms with Gasteiger partial charge in [0.15, 0.2) is 0 Å². The molecule has 1 aliphatic heterocycles. The first-order chi connectivity index (χ1) is 14.8. The summed E-state index contributed by atoms with van der Waals surface area (Å²) in [5, 5.41) is 5.66. The van der Waals surface area contributed by atoms with Gasteiger partial charge >= 0.3 is 0 Å². The Labute approximate surface area is 184 Å². The van der Waals surface area contributed by atoms with Crippen molar-refractivity contribution >= 4 is 33.0 Å². The highest BCUT2D eigenvalue weighted by Crippen LogP contribution is 2.24. The summed E-state index contributed by atoms with van der Waals surface area (Å²) < 4.78 is 28.0. The number of pyridine rings is 1. The number of sulfonamides is 1. The van der Waals surface area contributed by atoms with Crippen LogP contribution in [-0.2, 0) is 21.4 Å². The van der Waals surface area contributed by atoms with Gasteiger partial charge in [0.2, 0.25) is 15.9 Å². The third-order valence-electron chi connectivity index (χ3n) is 5.03. The van der Waals surface area contributed by atoms with E-state index in [-0.39, 0.29) is 11.4 Å². The van der Waals surface area contributed by atoms with Gasteiger partial charge < -0.3 is 9.88 Å². The number of anilines is 1. The summed E-state index contributed by atoms with van der Waals surface area (Å²) in [5.74, 6) is -0.426. The second-order valence-corrected chi connectivity index (χ2v) is 10.3. The molecule has 0 aliphatic carbocycles. The fourth-order valence-corrected chi connectivity index (χ4v) is 5.63. The van der Waals surface area contributed by atoms with E-state index in [1.54, 1.807) is 17.4 Å². The minimum Gasteiger partial charge on any atom is -0.325 e. The van der Waals surface area contributed by atoms with E-state index >= 15 is 0 Å². The van der Waals surface area contributed by atoms with Gasteiger partial charge in [0.05, 0.1) is 15.6 Å². The molecule has 31 heavy (non-hydrogen) atoms. The smallest absolute Gasteiger partial charge is 0.251 e. The van der Waals surface area contributed by atoms with E-state index in [0.717, 1.165) is 33.7 Å². The highest BCUT2D eigenvalue weighted by atomic mass is 32.2. The molecule has 1 N–H and O–H groups in total. The lowest BCUT2D eigenvalue weighted by Crippen LogP contribution is -2.31. The monoisotopic (exact) mass is 458 g/mol. The molecule has 3 heterocycles. The molecule has 1 aliphatic rings. The molecule has 4 rings (SSSR count). The van der Waals surface area contributed by atoms with Crippen molar-refractivity contribution in [1.29, 1.82) is 0 Å². The van der Waals surface area contributed by atoms with E-state index in [1.807, 2.05) is 30.5 Å². The standard InChI is InChI=1S/C21H22N4O4S2/c1-15-22-19(14-30-15)16-5-4-6-17(11-16)23-20(26)13-24-12-18(7-8-21(24)27)31(28,29)25-9-2-3-10-25/h4-8,11-12,14H,2-3,9-10,13H2,1H3,(H,23,26). The number of carbonyl (C=O) groups excluding carboxylic acids is 1. The van der Waals surface area contributed by atoms with Crippen LogP contribution in [0.1, 0.15) is 17.8 Å². The van der Waals surface area contributed by atoms with Crippen LogP contribution in [0.3, 0.4) is 0 Å². The van der Waals surface area contributed by atoms with Crippen LogP contribution in [0, 0.1) is 6.92 Å². The Morgan fingerprint density at radius 1 is 1.19 bits per heavy atom. The number of hydrogen-bond donors (Lipinski definition) is 1. The van der Waals surface area contributed by atoms with Crippen molar-refractivity contribution in [2.45, 2.75) is 31.2 Å². The first kappa shape index (κ1) is 21.4. The molecule has 162 valence electrons. The third kappa shape index (κ3) is 4.76. The van der Waals surface area contributed by atoms with Crippen molar-refractivity contribution in [3.63, 3.8) is 0 Å². The van der Waals surface area contributed by atoms with E-state index < -0.39 is 21.5 Å². The lowest BCUT2D eigenvalue weighted by atomic mass is 10.1.